The van der Waals surface area contributed by atoms with Gasteiger partial charge in [0.2, 0.25) is 5.95 Å². The lowest BCUT2D eigenvalue weighted by atomic mass is 10.1. The number of hydrogen-bond acceptors (Lipinski definition) is 5. The van der Waals surface area contributed by atoms with Crippen molar-refractivity contribution in [3.63, 3.8) is 0 Å². The van der Waals surface area contributed by atoms with E-state index >= 15 is 0 Å². The highest BCUT2D eigenvalue weighted by molar-refractivity contribution is 5.92. The molecule has 3 heterocycles. The topological polar surface area (TPSA) is 52.6 Å². The van der Waals surface area contributed by atoms with Crippen molar-refractivity contribution in [2.75, 3.05) is 49.1 Å². The van der Waals surface area contributed by atoms with Crippen molar-refractivity contribution in [1.29, 1.82) is 0 Å². The van der Waals surface area contributed by atoms with E-state index in [1.807, 2.05) is 17.9 Å². The highest BCUT2D eigenvalue weighted by Gasteiger charge is 2.24. The molecule has 2 aliphatic rings. The van der Waals surface area contributed by atoms with E-state index in [1.165, 1.54) is 16.8 Å². The van der Waals surface area contributed by atoms with Crippen LogP contribution in [0.25, 0.3) is 0 Å². The second kappa shape index (κ2) is 7.78. The van der Waals surface area contributed by atoms with Crippen LogP contribution in [-0.4, -0.2) is 60.0 Å². The first-order chi connectivity index (χ1) is 13.5. The molecule has 28 heavy (non-hydrogen) atoms. The van der Waals surface area contributed by atoms with Gasteiger partial charge in [0.25, 0.3) is 5.91 Å². The van der Waals surface area contributed by atoms with E-state index in [1.54, 1.807) is 0 Å². The lowest BCUT2D eigenvalue weighted by molar-refractivity contribution is 0.0786. The summed E-state index contributed by atoms with van der Waals surface area (Å²) in [6.45, 7) is 11.5. The average Bonchev–Trinajstić information content (AvgIpc) is 3.24. The van der Waals surface area contributed by atoms with Crippen LogP contribution < -0.4 is 9.80 Å². The zero-order valence-electron chi connectivity index (χ0n) is 17.1. The minimum absolute atomic E-state index is 0.0401. The SMILES string of the molecule is Cc1cc(C(=O)N2CCCC2)nc(N2CCN(c3cccc(C)c3C)CC2)n1. The molecule has 0 aliphatic carbocycles. The van der Waals surface area contributed by atoms with Gasteiger partial charge in [-0.05, 0) is 56.9 Å². The van der Waals surface area contributed by atoms with E-state index in [4.69, 9.17) is 0 Å². The van der Waals surface area contributed by atoms with Crippen LogP contribution in [0.1, 0.15) is 40.2 Å². The second-order valence-corrected chi connectivity index (χ2v) is 7.89. The summed E-state index contributed by atoms with van der Waals surface area (Å²) >= 11 is 0. The molecular weight excluding hydrogens is 350 g/mol. The molecule has 0 atom stereocenters. The quantitative estimate of drug-likeness (QED) is 0.821. The summed E-state index contributed by atoms with van der Waals surface area (Å²) in [5, 5.41) is 0. The number of piperazine rings is 1. The van der Waals surface area contributed by atoms with Crippen LogP contribution in [0.15, 0.2) is 24.3 Å². The van der Waals surface area contributed by atoms with Crippen molar-refractivity contribution < 1.29 is 4.79 Å². The molecule has 1 aromatic carbocycles. The fraction of sp³-hybridized carbons (Fsp3) is 0.500. The molecule has 1 amide bonds. The smallest absolute Gasteiger partial charge is 0.272 e. The number of hydrogen-bond donors (Lipinski definition) is 0. The van der Waals surface area contributed by atoms with Crippen LogP contribution in [0.2, 0.25) is 0 Å². The summed E-state index contributed by atoms with van der Waals surface area (Å²) in [7, 11) is 0. The Morgan fingerprint density at radius 2 is 1.57 bits per heavy atom. The number of likely N-dealkylation sites (tertiary alicyclic amines) is 1. The van der Waals surface area contributed by atoms with E-state index in [0.717, 1.165) is 57.8 Å². The predicted molar refractivity (Wildman–Crippen MR) is 112 cm³/mol. The summed E-state index contributed by atoms with van der Waals surface area (Å²) < 4.78 is 0. The van der Waals surface area contributed by atoms with Crippen LogP contribution in [0.5, 0.6) is 0 Å². The summed E-state index contributed by atoms with van der Waals surface area (Å²) in [4.78, 5) is 28.6. The standard InChI is InChI=1S/C22H29N5O/c1-16-7-6-8-20(18(16)3)25-11-13-27(14-12-25)22-23-17(2)15-19(24-22)21(28)26-9-4-5-10-26/h6-8,15H,4-5,9-14H2,1-3H3. The number of carbonyl (C=O) groups excluding carboxylic acids is 1. The van der Waals surface area contributed by atoms with Gasteiger partial charge in [-0.2, -0.15) is 0 Å². The Labute approximate surface area is 167 Å². The highest BCUT2D eigenvalue weighted by Crippen LogP contribution is 2.25. The van der Waals surface area contributed by atoms with Crippen molar-refractivity contribution in [2.24, 2.45) is 0 Å². The molecule has 0 radical (unpaired) electrons. The number of amides is 1. The molecule has 1 aromatic heterocycles. The number of anilines is 2. The Balaban J connectivity index is 1.48. The fourth-order valence-corrected chi connectivity index (χ4v) is 4.11. The van der Waals surface area contributed by atoms with Gasteiger partial charge >= 0.3 is 0 Å². The highest BCUT2D eigenvalue weighted by atomic mass is 16.2. The zero-order chi connectivity index (χ0) is 19.7. The molecule has 2 aliphatic heterocycles. The maximum Gasteiger partial charge on any atom is 0.272 e. The maximum absolute atomic E-state index is 12.7. The van der Waals surface area contributed by atoms with Gasteiger partial charge in [-0.15, -0.1) is 0 Å². The van der Waals surface area contributed by atoms with Crippen molar-refractivity contribution in [3.8, 4) is 0 Å². The van der Waals surface area contributed by atoms with Gasteiger partial charge in [0.15, 0.2) is 0 Å². The van der Waals surface area contributed by atoms with Gasteiger partial charge in [-0.3, -0.25) is 4.79 Å². The maximum atomic E-state index is 12.7. The summed E-state index contributed by atoms with van der Waals surface area (Å²) in [5.74, 6) is 0.724. The molecule has 0 bridgehead atoms. The van der Waals surface area contributed by atoms with Gasteiger partial charge in [-0.1, -0.05) is 12.1 Å². The summed E-state index contributed by atoms with van der Waals surface area (Å²) in [5.41, 5.74) is 5.37. The van der Waals surface area contributed by atoms with Gasteiger partial charge < -0.3 is 14.7 Å². The third kappa shape index (κ3) is 3.68. The molecule has 6 heteroatoms. The third-order valence-electron chi connectivity index (χ3n) is 5.93. The number of nitrogens with zero attached hydrogens (tertiary/aromatic N) is 5. The van der Waals surface area contributed by atoms with E-state index in [-0.39, 0.29) is 5.91 Å². The third-order valence-corrected chi connectivity index (χ3v) is 5.93. The van der Waals surface area contributed by atoms with E-state index in [9.17, 15) is 4.79 Å². The van der Waals surface area contributed by atoms with Gasteiger partial charge in [-0.25, -0.2) is 9.97 Å². The Hall–Kier alpha value is -2.63. The first-order valence-electron chi connectivity index (χ1n) is 10.2. The Morgan fingerprint density at radius 1 is 0.893 bits per heavy atom. The predicted octanol–water partition coefficient (Wildman–Crippen LogP) is 2.96. The lowest BCUT2D eigenvalue weighted by Crippen LogP contribution is -2.47. The molecule has 2 aromatic rings. The molecule has 2 fully saturated rings. The van der Waals surface area contributed by atoms with Crippen molar-refractivity contribution in [2.45, 2.75) is 33.6 Å². The Kier molecular flexibility index (Phi) is 5.20. The lowest BCUT2D eigenvalue weighted by Gasteiger charge is -2.37. The molecule has 2 saturated heterocycles. The number of rotatable bonds is 3. The zero-order valence-corrected chi connectivity index (χ0v) is 17.1. The van der Waals surface area contributed by atoms with Crippen LogP contribution in [-0.2, 0) is 0 Å². The molecule has 4 rings (SSSR count). The number of aryl methyl sites for hydroxylation is 2. The van der Waals surface area contributed by atoms with Crippen LogP contribution in [0.4, 0.5) is 11.6 Å². The number of benzene rings is 1. The first-order valence-corrected chi connectivity index (χ1v) is 10.2. The summed E-state index contributed by atoms with van der Waals surface area (Å²) in [6, 6.07) is 8.31. The second-order valence-electron chi connectivity index (χ2n) is 7.89. The molecule has 148 valence electrons. The minimum atomic E-state index is 0.0401. The molecule has 0 N–H and O–H groups in total. The number of carbonyl (C=O) groups is 1. The van der Waals surface area contributed by atoms with E-state index in [0.29, 0.717) is 11.6 Å². The summed E-state index contributed by atoms with van der Waals surface area (Å²) in [6.07, 6.45) is 2.17. The molecule has 0 unspecified atom stereocenters. The van der Waals surface area contributed by atoms with Crippen LogP contribution >= 0.6 is 0 Å². The van der Waals surface area contributed by atoms with Gasteiger partial charge in [0, 0.05) is 50.6 Å². The Bertz CT molecular complexity index is 867. The molecular formula is C22H29N5O. The largest absolute Gasteiger partial charge is 0.368 e. The van der Waals surface area contributed by atoms with Gasteiger partial charge in [0.05, 0.1) is 0 Å². The van der Waals surface area contributed by atoms with Crippen LogP contribution in [0.3, 0.4) is 0 Å². The monoisotopic (exact) mass is 379 g/mol. The average molecular weight is 380 g/mol. The van der Waals surface area contributed by atoms with Crippen LogP contribution in [0, 0.1) is 20.8 Å². The van der Waals surface area contributed by atoms with Crippen molar-refractivity contribution in [1.82, 2.24) is 14.9 Å². The van der Waals surface area contributed by atoms with Crippen molar-refractivity contribution >= 4 is 17.5 Å². The molecule has 0 spiro atoms. The van der Waals surface area contributed by atoms with Crippen molar-refractivity contribution in [3.05, 3.63) is 46.8 Å². The first kappa shape index (κ1) is 18.7. The molecule has 6 nitrogen and oxygen atoms in total. The van der Waals surface area contributed by atoms with E-state index in [2.05, 4.69) is 51.8 Å². The minimum Gasteiger partial charge on any atom is -0.368 e. The molecule has 0 saturated carbocycles. The van der Waals surface area contributed by atoms with E-state index < -0.39 is 0 Å². The fourth-order valence-electron chi connectivity index (χ4n) is 4.11. The normalized spacial score (nSPS) is 17.3. The van der Waals surface area contributed by atoms with Gasteiger partial charge in [0.1, 0.15) is 5.69 Å². The number of aromatic nitrogens is 2. The Morgan fingerprint density at radius 3 is 2.29 bits per heavy atom.